The van der Waals surface area contributed by atoms with Crippen LogP contribution in [0.2, 0.25) is 0 Å². The van der Waals surface area contributed by atoms with E-state index in [2.05, 4.69) is 10.3 Å². The van der Waals surface area contributed by atoms with Gasteiger partial charge in [0.25, 0.3) is 5.91 Å². The molecule has 0 aliphatic carbocycles. The van der Waals surface area contributed by atoms with Crippen molar-refractivity contribution in [1.82, 2.24) is 9.88 Å². The minimum Gasteiger partial charge on any atom is -0.394 e. The molecule has 20 heavy (non-hydrogen) atoms. The van der Waals surface area contributed by atoms with E-state index in [1.54, 1.807) is 17.2 Å². The summed E-state index contributed by atoms with van der Waals surface area (Å²) < 4.78 is 5.43. The number of aliphatic hydroxyl groups excluding tert-OH is 1. The number of anilines is 1. The van der Waals surface area contributed by atoms with E-state index in [1.165, 1.54) is 0 Å². The fourth-order valence-electron chi connectivity index (χ4n) is 2.19. The number of carbonyl (C=O) groups excluding carboxylic acids is 1. The molecule has 1 aromatic rings. The highest BCUT2D eigenvalue weighted by molar-refractivity contribution is 5.92. The zero-order chi connectivity index (χ0) is 14.5. The first-order chi connectivity index (χ1) is 9.65. The molecule has 2 unspecified atom stereocenters. The van der Waals surface area contributed by atoms with Crippen LogP contribution in [0, 0.1) is 0 Å². The molecule has 2 heterocycles. The Hall–Kier alpha value is -1.66. The number of morpholine rings is 1. The van der Waals surface area contributed by atoms with Crippen molar-refractivity contribution in [2.24, 2.45) is 0 Å². The lowest BCUT2D eigenvalue weighted by atomic mass is 10.1. The minimum atomic E-state index is -0.309. The molecule has 0 radical (unpaired) electrons. The number of carbonyl (C=O) groups is 1. The Morgan fingerprint density at radius 3 is 3.00 bits per heavy atom. The first-order valence-electron chi connectivity index (χ1n) is 6.89. The van der Waals surface area contributed by atoms with Gasteiger partial charge in [0, 0.05) is 13.1 Å². The summed E-state index contributed by atoms with van der Waals surface area (Å²) in [6, 6.07) is 3.55. The molecule has 0 saturated carbocycles. The molecule has 2 atom stereocenters. The van der Waals surface area contributed by atoms with Gasteiger partial charge in [0.1, 0.15) is 5.69 Å². The van der Waals surface area contributed by atoms with Gasteiger partial charge in [-0.05, 0) is 26.0 Å². The molecular weight excluding hydrogens is 258 g/mol. The Labute approximate surface area is 118 Å². The van der Waals surface area contributed by atoms with Crippen LogP contribution in [0.5, 0.6) is 0 Å². The number of rotatable bonds is 4. The predicted molar refractivity (Wildman–Crippen MR) is 75.7 cm³/mol. The highest BCUT2D eigenvalue weighted by Crippen LogP contribution is 2.15. The topological polar surface area (TPSA) is 74.7 Å². The first kappa shape index (κ1) is 14.7. The van der Waals surface area contributed by atoms with Crippen LogP contribution in [0.3, 0.4) is 0 Å². The molecule has 6 nitrogen and oxygen atoms in total. The van der Waals surface area contributed by atoms with Crippen molar-refractivity contribution in [2.45, 2.75) is 26.0 Å². The highest BCUT2D eigenvalue weighted by atomic mass is 16.5. The average Bonchev–Trinajstić information content (AvgIpc) is 2.48. The Balaban J connectivity index is 2.08. The van der Waals surface area contributed by atoms with Gasteiger partial charge < -0.3 is 20.1 Å². The summed E-state index contributed by atoms with van der Waals surface area (Å²) in [6.45, 7) is 5.50. The number of aliphatic hydroxyl groups is 1. The van der Waals surface area contributed by atoms with Crippen molar-refractivity contribution in [3.63, 3.8) is 0 Å². The molecule has 110 valence electrons. The summed E-state index contributed by atoms with van der Waals surface area (Å²) in [4.78, 5) is 18.4. The second-order valence-corrected chi connectivity index (χ2v) is 4.91. The lowest BCUT2D eigenvalue weighted by Crippen LogP contribution is -2.52. The number of hydrogen-bond donors (Lipinski definition) is 2. The third-order valence-corrected chi connectivity index (χ3v) is 3.33. The summed E-state index contributed by atoms with van der Waals surface area (Å²) in [6.07, 6.45) is 1.35. The van der Waals surface area contributed by atoms with Gasteiger partial charge >= 0.3 is 0 Å². The van der Waals surface area contributed by atoms with E-state index in [0.29, 0.717) is 18.8 Å². The standard InChI is InChI=1S/C14H21N3O3/c1-3-15-11-4-5-13(16-6-11)14(19)17-7-12(8-18)20-9-10(17)2/h4-6,10,12,15,18H,3,7-9H2,1-2H3. The minimum absolute atomic E-state index is 0.0134. The summed E-state index contributed by atoms with van der Waals surface area (Å²) in [5.74, 6) is -0.123. The van der Waals surface area contributed by atoms with E-state index in [1.807, 2.05) is 19.9 Å². The molecule has 0 bridgehead atoms. The van der Waals surface area contributed by atoms with Crippen LogP contribution in [0.1, 0.15) is 24.3 Å². The second-order valence-electron chi connectivity index (χ2n) is 4.91. The summed E-state index contributed by atoms with van der Waals surface area (Å²) in [5.41, 5.74) is 1.31. The van der Waals surface area contributed by atoms with Gasteiger partial charge in [0.15, 0.2) is 0 Å². The first-order valence-corrected chi connectivity index (χ1v) is 6.89. The Bertz CT molecular complexity index is 449. The molecular formula is C14H21N3O3. The van der Waals surface area contributed by atoms with Gasteiger partial charge in [0.05, 0.1) is 37.2 Å². The summed E-state index contributed by atoms with van der Waals surface area (Å²) in [5, 5.41) is 12.3. The molecule has 0 aromatic carbocycles. The van der Waals surface area contributed by atoms with Crippen molar-refractivity contribution in [1.29, 1.82) is 0 Å². The van der Waals surface area contributed by atoms with Gasteiger partial charge in [-0.15, -0.1) is 0 Å². The number of hydrogen-bond acceptors (Lipinski definition) is 5. The van der Waals surface area contributed by atoms with Crippen LogP contribution in [-0.2, 0) is 4.74 Å². The van der Waals surface area contributed by atoms with Gasteiger partial charge in [0.2, 0.25) is 0 Å². The van der Waals surface area contributed by atoms with Crippen molar-refractivity contribution in [2.75, 3.05) is 31.6 Å². The number of nitrogens with zero attached hydrogens (tertiary/aromatic N) is 2. The molecule has 1 aromatic heterocycles. The predicted octanol–water partition coefficient (Wildman–Crippen LogP) is 0.735. The fourth-order valence-corrected chi connectivity index (χ4v) is 2.19. The monoisotopic (exact) mass is 279 g/mol. The lowest BCUT2D eigenvalue weighted by molar-refractivity contribution is -0.0668. The zero-order valence-electron chi connectivity index (χ0n) is 11.9. The zero-order valence-corrected chi connectivity index (χ0v) is 11.9. The van der Waals surface area contributed by atoms with Crippen molar-refractivity contribution >= 4 is 11.6 Å². The fraction of sp³-hybridized carbons (Fsp3) is 0.571. The van der Waals surface area contributed by atoms with Crippen LogP contribution in [-0.4, -0.2) is 59.3 Å². The van der Waals surface area contributed by atoms with E-state index < -0.39 is 0 Å². The maximum atomic E-state index is 12.4. The average molecular weight is 279 g/mol. The Morgan fingerprint density at radius 2 is 2.40 bits per heavy atom. The summed E-state index contributed by atoms with van der Waals surface area (Å²) >= 11 is 0. The molecule has 1 amide bonds. The quantitative estimate of drug-likeness (QED) is 0.850. The molecule has 1 aliphatic heterocycles. The van der Waals surface area contributed by atoms with Gasteiger partial charge in [-0.3, -0.25) is 4.79 Å². The third-order valence-electron chi connectivity index (χ3n) is 3.33. The molecule has 0 spiro atoms. The van der Waals surface area contributed by atoms with Crippen LogP contribution in [0.25, 0.3) is 0 Å². The van der Waals surface area contributed by atoms with Crippen LogP contribution < -0.4 is 5.32 Å². The van der Waals surface area contributed by atoms with E-state index in [9.17, 15) is 4.79 Å². The smallest absolute Gasteiger partial charge is 0.272 e. The maximum Gasteiger partial charge on any atom is 0.272 e. The maximum absolute atomic E-state index is 12.4. The molecule has 1 saturated heterocycles. The Morgan fingerprint density at radius 1 is 1.60 bits per heavy atom. The van der Waals surface area contributed by atoms with E-state index >= 15 is 0 Å². The molecule has 1 fully saturated rings. The largest absolute Gasteiger partial charge is 0.394 e. The molecule has 1 aliphatic rings. The van der Waals surface area contributed by atoms with E-state index in [0.717, 1.165) is 12.2 Å². The molecule has 2 rings (SSSR count). The van der Waals surface area contributed by atoms with Crippen LogP contribution in [0.4, 0.5) is 5.69 Å². The van der Waals surface area contributed by atoms with Crippen molar-refractivity contribution in [3.8, 4) is 0 Å². The normalized spacial score (nSPS) is 22.6. The summed E-state index contributed by atoms with van der Waals surface area (Å²) in [7, 11) is 0. The SMILES string of the molecule is CCNc1ccc(C(=O)N2CC(CO)OCC2C)nc1. The molecule has 2 N–H and O–H groups in total. The van der Waals surface area contributed by atoms with Crippen LogP contribution in [0.15, 0.2) is 18.3 Å². The Kier molecular flexibility index (Phi) is 4.92. The van der Waals surface area contributed by atoms with Crippen LogP contribution >= 0.6 is 0 Å². The number of amides is 1. The van der Waals surface area contributed by atoms with Gasteiger partial charge in [-0.1, -0.05) is 0 Å². The number of pyridine rings is 1. The number of aromatic nitrogens is 1. The van der Waals surface area contributed by atoms with Gasteiger partial charge in [-0.25, -0.2) is 4.98 Å². The third kappa shape index (κ3) is 3.26. The lowest BCUT2D eigenvalue weighted by Gasteiger charge is -2.37. The van der Waals surface area contributed by atoms with Crippen molar-refractivity contribution in [3.05, 3.63) is 24.0 Å². The number of ether oxygens (including phenoxy) is 1. The van der Waals surface area contributed by atoms with E-state index in [-0.39, 0.29) is 24.7 Å². The number of nitrogens with one attached hydrogen (secondary N) is 1. The second kappa shape index (κ2) is 6.67. The molecule has 6 heteroatoms. The van der Waals surface area contributed by atoms with E-state index in [4.69, 9.17) is 9.84 Å². The van der Waals surface area contributed by atoms with Gasteiger partial charge in [-0.2, -0.15) is 0 Å². The highest BCUT2D eigenvalue weighted by Gasteiger charge is 2.30. The van der Waals surface area contributed by atoms with Crippen molar-refractivity contribution < 1.29 is 14.6 Å².